The van der Waals surface area contributed by atoms with Crippen LogP contribution in [-0.4, -0.2) is 44.8 Å². The van der Waals surface area contributed by atoms with E-state index in [0.29, 0.717) is 11.0 Å². The van der Waals surface area contributed by atoms with Gasteiger partial charge in [0.1, 0.15) is 5.82 Å². The minimum Gasteiger partial charge on any atom is -0.394 e. The number of aliphatic hydroxyl groups excluding tert-OH is 2. The number of halogens is 1. The first-order valence-corrected chi connectivity index (χ1v) is 6.03. The zero-order valence-corrected chi connectivity index (χ0v) is 10.7. The zero-order valence-electron chi connectivity index (χ0n) is 10.7. The number of aromatic nitrogens is 2. The number of rotatable bonds is 4. The van der Waals surface area contributed by atoms with E-state index in [-0.39, 0.29) is 5.56 Å². The van der Waals surface area contributed by atoms with E-state index in [1.807, 2.05) is 0 Å². The van der Waals surface area contributed by atoms with Gasteiger partial charge in [-0.3, -0.25) is 14.8 Å². The molecule has 0 aliphatic heterocycles. The van der Waals surface area contributed by atoms with Crippen molar-refractivity contribution < 1.29 is 19.4 Å². The average molecular weight is 279 g/mol. The normalized spacial score (nSPS) is 14.0. The lowest BCUT2D eigenvalue weighted by atomic mass is 10.1. The van der Waals surface area contributed by atoms with Crippen LogP contribution in [0, 0.1) is 5.82 Å². The molecule has 0 saturated heterocycles. The Kier molecular flexibility index (Phi) is 4.21. The first-order chi connectivity index (χ1) is 9.52. The van der Waals surface area contributed by atoms with E-state index < -0.39 is 30.5 Å². The van der Waals surface area contributed by atoms with Crippen LogP contribution in [0.25, 0.3) is 11.0 Å². The summed E-state index contributed by atoms with van der Waals surface area (Å²) in [6.45, 7) is 0.974. The Balaban J connectivity index is 2.32. The molecule has 1 aromatic heterocycles. The van der Waals surface area contributed by atoms with E-state index in [1.54, 1.807) is 0 Å². The fourth-order valence-corrected chi connectivity index (χ4v) is 1.72. The number of carbonyl (C=O) groups is 1. The van der Waals surface area contributed by atoms with Gasteiger partial charge >= 0.3 is 0 Å². The Bertz CT molecular complexity index is 633. The van der Waals surface area contributed by atoms with Gasteiger partial charge in [-0.2, -0.15) is 0 Å². The number of fused-ring (bicyclic) bond motifs is 1. The SMILES string of the molecule is C[C@@H](O)[C@@H](CO)NC(=O)c1cc2nccnc2cc1F. The van der Waals surface area contributed by atoms with E-state index in [2.05, 4.69) is 15.3 Å². The monoisotopic (exact) mass is 279 g/mol. The number of benzene rings is 1. The molecule has 1 heterocycles. The Hall–Kier alpha value is -2.12. The van der Waals surface area contributed by atoms with Gasteiger partial charge in [-0.1, -0.05) is 0 Å². The lowest BCUT2D eigenvalue weighted by Crippen LogP contribution is -2.44. The summed E-state index contributed by atoms with van der Waals surface area (Å²) >= 11 is 0. The summed E-state index contributed by atoms with van der Waals surface area (Å²) in [5.41, 5.74) is 0.518. The van der Waals surface area contributed by atoms with E-state index in [0.717, 1.165) is 6.07 Å². The van der Waals surface area contributed by atoms with Crippen LogP contribution in [0.5, 0.6) is 0 Å². The minimum atomic E-state index is -0.952. The van der Waals surface area contributed by atoms with Crippen molar-refractivity contribution in [2.45, 2.75) is 19.1 Å². The molecule has 1 aromatic carbocycles. The molecule has 1 amide bonds. The van der Waals surface area contributed by atoms with Crippen molar-refractivity contribution >= 4 is 16.9 Å². The van der Waals surface area contributed by atoms with Crippen molar-refractivity contribution in [3.05, 3.63) is 35.9 Å². The molecule has 7 heteroatoms. The maximum absolute atomic E-state index is 13.9. The first-order valence-electron chi connectivity index (χ1n) is 6.03. The molecule has 2 rings (SSSR count). The van der Waals surface area contributed by atoms with Gasteiger partial charge in [-0.25, -0.2) is 4.39 Å². The highest BCUT2D eigenvalue weighted by Crippen LogP contribution is 2.15. The number of carbonyl (C=O) groups excluding carboxylic acids is 1. The highest BCUT2D eigenvalue weighted by molar-refractivity contribution is 5.97. The van der Waals surface area contributed by atoms with E-state index in [1.165, 1.54) is 25.4 Å². The third-order valence-electron chi connectivity index (χ3n) is 2.90. The van der Waals surface area contributed by atoms with Gasteiger partial charge < -0.3 is 15.5 Å². The first kappa shape index (κ1) is 14.3. The molecule has 0 spiro atoms. The molecule has 106 valence electrons. The fourth-order valence-electron chi connectivity index (χ4n) is 1.72. The molecular weight excluding hydrogens is 265 g/mol. The number of hydrogen-bond donors (Lipinski definition) is 3. The lowest BCUT2D eigenvalue weighted by Gasteiger charge is -2.19. The molecule has 2 aromatic rings. The highest BCUT2D eigenvalue weighted by Gasteiger charge is 2.20. The fraction of sp³-hybridized carbons (Fsp3) is 0.308. The van der Waals surface area contributed by atoms with Crippen LogP contribution in [0.2, 0.25) is 0 Å². The molecule has 0 radical (unpaired) electrons. The predicted octanol–water partition coefficient (Wildman–Crippen LogP) is 0.240. The second kappa shape index (κ2) is 5.89. The summed E-state index contributed by atoms with van der Waals surface area (Å²) in [7, 11) is 0. The third kappa shape index (κ3) is 2.89. The Morgan fingerprint density at radius 3 is 2.50 bits per heavy atom. The smallest absolute Gasteiger partial charge is 0.254 e. The summed E-state index contributed by atoms with van der Waals surface area (Å²) < 4.78 is 13.9. The molecule has 0 aliphatic carbocycles. The lowest BCUT2D eigenvalue weighted by molar-refractivity contribution is 0.0755. The summed E-state index contributed by atoms with van der Waals surface area (Å²) in [4.78, 5) is 19.9. The van der Waals surface area contributed by atoms with Gasteiger partial charge in [0.25, 0.3) is 5.91 Å². The van der Waals surface area contributed by atoms with Gasteiger partial charge in [-0.15, -0.1) is 0 Å². The Morgan fingerprint density at radius 1 is 1.35 bits per heavy atom. The third-order valence-corrected chi connectivity index (χ3v) is 2.90. The maximum Gasteiger partial charge on any atom is 0.254 e. The van der Waals surface area contributed by atoms with Gasteiger partial charge in [0.15, 0.2) is 0 Å². The van der Waals surface area contributed by atoms with E-state index >= 15 is 0 Å². The largest absolute Gasteiger partial charge is 0.394 e. The number of hydrogen-bond acceptors (Lipinski definition) is 5. The molecule has 0 bridgehead atoms. The van der Waals surface area contributed by atoms with Crippen molar-refractivity contribution in [2.24, 2.45) is 0 Å². The standard InChI is InChI=1S/C13H14FN3O3/c1-7(19)12(6-18)17-13(20)8-4-10-11(5-9(8)14)16-3-2-15-10/h2-5,7,12,18-19H,6H2,1H3,(H,17,20)/t7-,12-/m1/s1. The summed E-state index contributed by atoms with van der Waals surface area (Å²) in [5, 5.41) is 20.8. The van der Waals surface area contributed by atoms with Crippen LogP contribution in [0.4, 0.5) is 4.39 Å². The van der Waals surface area contributed by atoms with Crippen LogP contribution in [-0.2, 0) is 0 Å². The average Bonchev–Trinajstić information content (AvgIpc) is 2.43. The van der Waals surface area contributed by atoms with E-state index in [4.69, 9.17) is 5.11 Å². The second-order valence-corrected chi connectivity index (χ2v) is 4.38. The molecule has 0 fully saturated rings. The topological polar surface area (TPSA) is 95.3 Å². The summed E-state index contributed by atoms with van der Waals surface area (Å²) in [6.07, 6.45) is 1.91. The molecule has 2 atom stereocenters. The Morgan fingerprint density at radius 2 is 1.95 bits per heavy atom. The van der Waals surface area contributed by atoms with Crippen molar-refractivity contribution in [1.82, 2.24) is 15.3 Å². The number of nitrogens with one attached hydrogen (secondary N) is 1. The number of amides is 1. The number of aliphatic hydroxyl groups is 2. The predicted molar refractivity (Wildman–Crippen MR) is 69.5 cm³/mol. The maximum atomic E-state index is 13.9. The van der Waals surface area contributed by atoms with Crippen LogP contribution >= 0.6 is 0 Å². The minimum absolute atomic E-state index is 0.211. The summed E-state index contributed by atoms with van der Waals surface area (Å²) in [6, 6.07) is 1.54. The van der Waals surface area contributed by atoms with Gasteiger partial charge in [0.05, 0.1) is 35.3 Å². The molecule has 6 nitrogen and oxygen atoms in total. The van der Waals surface area contributed by atoms with Gasteiger partial charge in [-0.05, 0) is 13.0 Å². The molecule has 0 saturated carbocycles. The quantitative estimate of drug-likeness (QED) is 0.745. The van der Waals surface area contributed by atoms with Crippen molar-refractivity contribution in [3.63, 3.8) is 0 Å². The summed E-state index contributed by atoms with van der Waals surface area (Å²) in [5.74, 6) is -1.47. The van der Waals surface area contributed by atoms with Gasteiger partial charge in [0.2, 0.25) is 0 Å². The Labute approximate surface area is 114 Å². The second-order valence-electron chi connectivity index (χ2n) is 4.38. The highest BCUT2D eigenvalue weighted by atomic mass is 19.1. The van der Waals surface area contributed by atoms with Crippen molar-refractivity contribution in [3.8, 4) is 0 Å². The molecule has 3 N–H and O–H groups in total. The zero-order chi connectivity index (χ0) is 14.7. The van der Waals surface area contributed by atoms with Crippen molar-refractivity contribution in [1.29, 1.82) is 0 Å². The number of nitrogens with zero attached hydrogens (tertiary/aromatic N) is 2. The van der Waals surface area contributed by atoms with Gasteiger partial charge in [0, 0.05) is 18.5 Å². The van der Waals surface area contributed by atoms with Crippen LogP contribution in [0.3, 0.4) is 0 Å². The molecular formula is C13H14FN3O3. The van der Waals surface area contributed by atoms with E-state index in [9.17, 15) is 14.3 Å². The molecule has 20 heavy (non-hydrogen) atoms. The van der Waals surface area contributed by atoms with Crippen LogP contribution < -0.4 is 5.32 Å². The molecule has 0 aliphatic rings. The molecule has 0 unspecified atom stereocenters. The van der Waals surface area contributed by atoms with Crippen molar-refractivity contribution in [2.75, 3.05) is 6.61 Å². The van der Waals surface area contributed by atoms with Crippen LogP contribution in [0.1, 0.15) is 17.3 Å². The van der Waals surface area contributed by atoms with Crippen LogP contribution in [0.15, 0.2) is 24.5 Å².